The number of hydrogen-bond acceptors (Lipinski definition) is 3. The molecule has 6 heteroatoms. The summed E-state index contributed by atoms with van der Waals surface area (Å²) in [5.74, 6) is -0.240. The molecule has 2 N–H and O–H groups in total. The minimum atomic E-state index is -3.79. The molecule has 0 unspecified atom stereocenters. The third-order valence-electron chi connectivity index (χ3n) is 2.61. The minimum absolute atomic E-state index is 0.0363. The van der Waals surface area contributed by atoms with Crippen molar-refractivity contribution in [1.82, 2.24) is 4.90 Å². The van der Waals surface area contributed by atoms with Crippen LogP contribution in [0.5, 0.6) is 0 Å². The second-order valence-electron chi connectivity index (χ2n) is 4.16. The molecule has 5 nitrogen and oxygen atoms in total. The molecular formula is C11H16N2O3S. The molecule has 1 aromatic rings. The van der Waals surface area contributed by atoms with Gasteiger partial charge in [-0.05, 0) is 37.1 Å². The quantitative estimate of drug-likeness (QED) is 0.843. The van der Waals surface area contributed by atoms with Gasteiger partial charge in [0.15, 0.2) is 0 Å². The first-order valence-electron chi connectivity index (χ1n) is 5.00. The SMILES string of the molecule is Cc1cc(S(N)(=O)=O)cc(C(=O)N(C)C)c1C. The smallest absolute Gasteiger partial charge is 0.253 e. The zero-order chi connectivity index (χ0) is 13.4. The summed E-state index contributed by atoms with van der Waals surface area (Å²) in [5, 5.41) is 5.07. The topological polar surface area (TPSA) is 80.5 Å². The van der Waals surface area contributed by atoms with Crippen molar-refractivity contribution in [2.45, 2.75) is 18.7 Å². The summed E-state index contributed by atoms with van der Waals surface area (Å²) >= 11 is 0. The first kappa shape index (κ1) is 13.7. The van der Waals surface area contributed by atoms with Gasteiger partial charge in [-0.25, -0.2) is 13.6 Å². The summed E-state index contributed by atoms with van der Waals surface area (Å²) in [7, 11) is -0.571. The standard InChI is InChI=1S/C11H16N2O3S/c1-7-5-9(17(12,15)16)6-10(8(7)2)11(14)13(3)4/h5-6H,1-4H3,(H2,12,15,16). The molecule has 0 aromatic heterocycles. The molecule has 0 bridgehead atoms. The number of amides is 1. The van der Waals surface area contributed by atoms with E-state index in [2.05, 4.69) is 0 Å². The van der Waals surface area contributed by atoms with E-state index < -0.39 is 10.0 Å². The average molecular weight is 256 g/mol. The first-order chi connectivity index (χ1) is 7.64. The van der Waals surface area contributed by atoms with Gasteiger partial charge in [0.1, 0.15) is 0 Å². The number of sulfonamides is 1. The predicted molar refractivity (Wildman–Crippen MR) is 65.3 cm³/mol. The van der Waals surface area contributed by atoms with Crippen LogP contribution >= 0.6 is 0 Å². The van der Waals surface area contributed by atoms with Crippen LogP contribution in [-0.4, -0.2) is 33.3 Å². The van der Waals surface area contributed by atoms with Crippen LogP contribution in [0.2, 0.25) is 0 Å². The van der Waals surface area contributed by atoms with E-state index in [0.29, 0.717) is 5.56 Å². The van der Waals surface area contributed by atoms with Crippen LogP contribution in [0.4, 0.5) is 0 Å². The van der Waals surface area contributed by atoms with Crippen molar-refractivity contribution in [2.24, 2.45) is 5.14 Å². The fourth-order valence-corrected chi connectivity index (χ4v) is 2.08. The molecule has 0 aliphatic rings. The summed E-state index contributed by atoms with van der Waals surface area (Å²) in [6.45, 7) is 3.52. The molecule has 1 rings (SSSR count). The van der Waals surface area contributed by atoms with Gasteiger partial charge < -0.3 is 4.90 Å². The highest BCUT2D eigenvalue weighted by Crippen LogP contribution is 2.20. The number of rotatable bonds is 2. The Kier molecular flexibility index (Phi) is 3.59. The Morgan fingerprint density at radius 3 is 2.18 bits per heavy atom. The van der Waals surface area contributed by atoms with E-state index in [-0.39, 0.29) is 10.8 Å². The van der Waals surface area contributed by atoms with E-state index in [1.54, 1.807) is 27.9 Å². The molecule has 0 radical (unpaired) electrons. The summed E-state index contributed by atoms with van der Waals surface area (Å²) in [5.41, 5.74) is 1.84. The summed E-state index contributed by atoms with van der Waals surface area (Å²) < 4.78 is 22.6. The Morgan fingerprint density at radius 2 is 1.76 bits per heavy atom. The lowest BCUT2D eigenvalue weighted by Crippen LogP contribution is -2.24. The predicted octanol–water partition coefficient (Wildman–Crippen LogP) is 0.653. The second kappa shape index (κ2) is 4.46. The number of primary sulfonamides is 1. The van der Waals surface area contributed by atoms with Gasteiger partial charge in [0, 0.05) is 19.7 Å². The molecule has 94 valence electrons. The molecule has 0 heterocycles. The van der Waals surface area contributed by atoms with Crippen molar-refractivity contribution in [3.05, 3.63) is 28.8 Å². The van der Waals surface area contributed by atoms with Crippen molar-refractivity contribution in [2.75, 3.05) is 14.1 Å². The minimum Gasteiger partial charge on any atom is -0.345 e. The van der Waals surface area contributed by atoms with E-state index in [1.165, 1.54) is 17.0 Å². The van der Waals surface area contributed by atoms with Crippen LogP contribution in [0.15, 0.2) is 17.0 Å². The molecule has 0 fully saturated rings. The molecule has 1 amide bonds. The number of carbonyl (C=O) groups is 1. The van der Waals surface area contributed by atoms with Crippen LogP contribution < -0.4 is 5.14 Å². The van der Waals surface area contributed by atoms with E-state index in [0.717, 1.165) is 11.1 Å². The molecule has 1 aromatic carbocycles. The zero-order valence-electron chi connectivity index (χ0n) is 10.3. The third-order valence-corrected chi connectivity index (χ3v) is 3.50. The van der Waals surface area contributed by atoms with Crippen LogP contribution in [0.3, 0.4) is 0 Å². The van der Waals surface area contributed by atoms with Crippen molar-refractivity contribution < 1.29 is 13.2 Å². The molecule has 0 spiro atoms. The van der Waals surface area contributed by atoms with Crippen molar-refractivity contribution in [3.8, 4) is 0 Å². The number of nitrogens with zero attached hydrogens (tertiary/aromatic N) is 1. The summed E-state index contributed by atoms with van der Waals surface area (Å²) in [6.07, 6.45) is 0. The Morgan fingerprint density at radius 1 is 1.24 bits per heavy atom. The average Bonchev–Trinajstić information content (AvgIpc) is 2.19. The van der Waals surface area contributed by atoms with Gasteiger partial charge in [-0.1, -0.05) is 0 Å². The largest absolute Gasteiger partial charge is 0.345 e. The third kappa shape index (κ3) is 2.83. The zero-order valence-corrected chi connectivity index (χ0v) is 11.1. The van der Waals surface area contributed by atoms with Gasteiger partial charge >= 0.3 is 0 Å². The molecular weight excluding hydrogens is 240 g/mol. The lowest BCUT2D eigenvalue weighted by Gasteiger charge is -2.15. The summed E-state index contributed by atoms with van der Waals surface area (Å²) in [6, 6.07) is 2.79. The molecule has 0 atom stereocenters. The fraction of sp³-hybridized carbons (Fsp3) is 0.364. The maximum Gasteiger partial charge on any atom is 0.253 e. The van der Waals surface area contributed by atoms with Gasteiger partial charge in [-0.3, -0.25) is 4.79 Å². The fourth-order valence-electron chi connectivity index (χ4n) is 1.45. The maximum atomic E-state index is 11.9. The monoisotopic (exact) mass is 256 g/mol. The number of nitrogens with two attached hydrogens (primary N) is 1. The Labute approximate surface area is 101 Å². The van der Waals surface area contributed by atoms with Crippen molar-refractivity contribution in [1.29, 1.82) is 0 Å². The first-order valence-corrected chi connectivity index (χ1v) is 6.55. The number of carbonyl (C=O) groups excluding carboxylic acids is 1. The van der Waals surface area contributed by atoms with Crippen LogP contribution in [-0.2, 0) is 10.0 Å². The van der Waals surface area contributed by atoms with Crippen LogP contribution in [0, 0.1) is 13.8 Å². The van der Waals surface area contributed by atoms with E-state index in [9.17, 15) is 13.2 Å². The molecule has 0 aliphatic carbocycles. The van der Waals surface area contributed by atoms with E-state index in [1.807, 2.05) is 0 Å². The van der Waals surface area contributed by atoms with E-state index in [4.69, 9.17) is 5.14 Å². The molecule has 0 saturated carbocycles. The van der Waals surface area contributed by atoms with E-state index >= 15 is 0 Å². The lowest BCUT2D eigenvalue weighted by atomic mass is 10.0. The van der Waals surface area contributed by atoms with Crippen molar-refractivity contribution in [3.63, 3.8) is 0 Å². The highest BCUT2D eigenvalue weighted by Gasteiger charge is 2.17. The molecule has 17 heavy (non-hydrogen) atoms. The second-order valence-corrected chi connectivity index (χ2v) is 5.72. The number of aryl methyl sites for hydroxylation is 1. The lowest BCUT2D eigenvalue weighted by molar-refractivity contribution is 0.0826. The van der Waals surface area contributed by atoms with Gasteiger partial charge in [0.2, 0.25) is 10.0 Å². The normalized spacial score (nSPS) is 11.4. The van der Waals surface area contributed by atoms with Gasteiger partial charge in [-0.2, -0.15) is 0 Å². The maximum absolute atomic E-state index is 11.9. The Bertz CT molecular complexity index is 562. The van der Waals surface area contributed by atoms with Gasteiger partial charge in [0.05, 0.1) is 4.90 Å². The van der Waals surface area contributed by atoms with Gasteiger partial charge in [-0.15, -0.1) is 0 Å². The number of benzene rings is 1. The van der Waals surface area contributed by atoms with Crippen molar-refractivity contribution >= 4 is 15.9 Å². The molecule has 0 aliphatic heterocycles. The highest BCUT2D eigenvalue weighted by molar-refractivity contribution is 7.89. The Hall–Kier alpha value is -1.40. The highest BCUT2D eigenvalue weighted by atomic mass is 32.2. The van der Waals surface area contributed by atoms with Crippen LogP contribution in [0.1, 0.15) is 21.5 Å². The number of hydrogen-bond donors (Lipinski definition) is 1. The summed E-state index contributed by atoms with van der Waals surface area (Å²) in [4.78, 5) is 13.2. The van der Waals surface area contributed by atoms with Gasteiger partial charge in [0.25, 0.3) is 5.91 Å². The van der Waals surface area contributed by atoms with Crippen LogP contribution in [0.25, 0.3) is 0 Å². The Balaban J connectivity index is 3.51. The molecule has 0 saturated heterocycles.